The Morgan fingerprint density at radius 2 is 2.29 bits per heavy atom. The first-order chi connectivity index (χ1) is 8.16. The molecule has 2 aromatic rings. The molecule has 4 nitrogen and oxygen atoms in total. The van der Waals surface area contributed by atoms with Crippen LogP contribution in [0.1, 0.15) is 11.3 Å². The Bertz CT molecular complexity index is 479. The van der Waals surface area contributed by atoms with E-state index in [4.69, 9.17) is 4.42 Å². The SMILES string of the molecule is Cc1ccc(-c2[nH]ncc2CNCC(F)F)o1. The zero-order valence-electron chi connectivity index (χ0n) is 9.34. The van der Waals surface area contributed by atoms with E-state index >= 15 is 0 Å². The third kappa shape index (κ3) is 2.91. The number of nitrogens with one attached hydrogen (secondary N) is 2. The average molecular weight is 241 g/mol. The largest absolute Gasteiger partial charge is 0.460 e. The number of furan rings is 1. The first-order valence-electron chi connectivity index (χ1n) is 5.24. The average Bonchev–Trinajstić information content (AvgIpc) is 2.86. The number of aromatic amines is 1. The van der Waals surface area contributed by atoms with Crippen molar-refractivity contribution in [2.45, 2.75) is 19.9 Å². The molecule has 92 valence electrons. The molecule has 0 saturated heterocycles. The van der Waals surface area contributed by atoms with Crippen molar-refractivity contribution in [3.05, 3.63) is 29.7 Å². The van der Waals surface area contributed by atoms with Gasteiger partial charge in [0, 0.05) is 12.1 Å². The fourth-order valence-corrected chi connectivity index (χ4v) is 1.54. The summed E-state index contributed by atoms with van der Waals surface area (Å²) in [7, 11) is 0. The summed E-state index contributed by atoms with van der Waals surface area (Å²) >= 11 is 0. The number of hydrogen-bond donors (Lipinski definition) is 2. The van der Waals surface area contributed by atoms with Crippen LogP contribution in [-0.4, -0.2) is 23.2 Å². The highest BCUT2D eigenvalue weighted by Gasteiger charge is 2.11. The highest BCUT2D eigenvalue weighted by molar-refractivity contribution is 5.56. The summed E-state index contributed by atoms with van der Waals surface area (Å²) in [4.78, 5) is 0. The molecule has 2 heterocycles. The molecule has 0 aliphatic rings. The second kappa shape index (κ2) is 5.09. The Morgan fingerprint density at radius 1 is 1.47 bits per heavy atom. The molecule has 0 aliphatic heterocycles. The Labute approximate surface area is 97.0 Å². The molecule has 0 bridgehead atoms. The maximum absolute atomic E-state index is 12.0. The molecule has 0 aliphatic carbocycles. The molecule has 6 heteroatoms. The summed E-state index contributed by atoms with van der Waals surface area (Å²) in [6, 6.07) is 3.66. The van der Waals surface area contributed by atoms with E-state index in [1.54, 1.807) is 6.20 Å². The van der Waals surface area contributed by atoms with Crippen LogP contribution in [0.25, 0.3) is 11.5 Å². The van der Waals surface area contributed by atoms with Crippen LogP contribution in [0.15, 0.2) is 22.7 Å². The predicted molar refractivity (Wildman–Crippen MR) is 58.7 cm³/mol. The van der Waals surface area contributed by atoms with E-state index in [1.807, 2.05) is 19.1 Å². The van der Waals surface area contributed by atoms with Crippen LogP contribution in [0.5, 0.6) is 0 Å². The van der Waals surface area contributed by atoms with Gasteiger partial charge in [0.2, 0.25) is 0 Å². The zero-order chi connectivity index (χ0) is 12.3. The topological polar surface area (TPSA) is 53.9 Å². The summed E-state index contributed by atoms with van der Waals surface area (Å²) < 4.78 is 29.4. The summed E-state index contributed by atoms with van der Waals surface area (Å²) in [5.74, 6) is 1.45. The maximum atomic E-state index is 12.0. The molecule has 2 N–H and O–H groups in total. The van der Waals surface area contributed by atoms with E-state index in [0.717, 1.165) is 17.0 Å². The highest BCUT2D eigenvalue weighted by Crippen LogP contribution is 2.23. The predicted octanol–water partition coefficient (Wildman–Crippen LogP) is 2.33. The number of aromatic nitrogens is 2. The van der Waals surface area contributed by atoms with Crippen LogP contribution >= 0.6 is 0 Å². The second-order valence-corrected chi connectivity index (χ2v) is 3.70. The summed E-state index contributed by atoms with van der Waals surface area (Å²) in [6.07, 6.45) is -0.748. The van der Waals surface area contributed by atoms with Crippen molar-refractivity contribution >= 4 is 0 Å². The monoisotopic (exact) mass is 241 g/mol. The van der Waals surface area contributed by atoms with Crippen molar-refractivity contribution in [1.82, 2.24) is 15.5 Å². The van der Waals surface area contributed by atoms with Crippen LogP contribution in [0, 0.1) is 6.92 Å². The molecule has 2 aromatic heterocycles. The van der Waals surface area contributed by atoms with Gasteiger partial charge in [-0.15, -0.1) is 0 Å². The minimum Gasteiger partial charge on any atom is -0.460 e. The first kappa shape index (κ1) is 11.8. The van der Waals surface area contributed by atoms with Crippen LogP contribution in [0.4, 0.5) is 8.78 Å². The van der Waals surface area contributed by atoms with E-state index < -0.39 is 6.43 Å². The maximum Gasteiger partial charge on any atom is 0.250 e. The molecule has 0 aromatic carbocycles. The van der Waals surface area contributed by atoms with Gasteiger partial charge in [0.15, 0.2) is 5.76 Å². The molecule has 0 amide bonds. The van der Waals surface area contributed by atoms with Crippen molar-refractivity contribution in [3.8, 4) is 11.5 Å². The lowest BCUT2D eigenvalue weighted by molar-refractivity contribution is 0.145. The van der Waals surface area contributed by atoms with Gasteiger partial charge in [-0.2, -0.15) is 5.10 Å². The van der Waals surface area contributed by atoms with Crippen LogP contribution in [-0.2, 0) is 6.54 Å². The van der Waals surface area contributed by atoms with Crippen molar-refractivity contribution in [2.24, 2.45) is 0 Å². The van der Waals surface area contributed by atoms with E-state index in [2.05, 4.69) is 15.5 Å². The first-order valence-corrected chi connectivity index (χ1v) is 5.24. The lowest BCUT2D eigenvalue weighted by Gasteiger charge is -2.03. The third-order valence-corrected chi connectivity index (χ3v) is 2.32. The molecule has 0 spiro atoms. The molecular formula is C11H13F2N3O. The number of aryl methyl sites for hydroxylation is 1. The summed E-state index contributed by atoms with van der Waals surface area (Å²) in [5.41, 5.74) is 1.53. The number of alkyl halides is 2. The van der Waals surface area contributed by atoms with Crippen molar-refractivity contribution in [1.29, 1.82) is 0 Å². The summed E-state index contributed by atoms with van der Waals surface area (Å²) in [6.45, 7) is 1.84. The minimum atomic E-state index is -2.35. The molecule has 17 heavy (non-hydrogen) atoms. The molecule has 0 atom stereocenters. The van der Waals surface area contributed by atoms with Crippen LogP contribution < -0.4 is 5.32 Å². The Balaban J connectivity index is 2.07. The highest BCUT2D eigenvalue weighted by atomic mass is 19.3. The number of hydrogen-bond acceptors (Lipinski definition) is 3. The number of H-pyrrole nitrogens is 1. The molecule has 0 unspecified atom stereocenters. The van der Waals surface area contributed by atoms with E-state index in [-0.39, 0.29) is 6.54 Å². The van der Waals surface area contributed by atoms with Crippen molar-refractivity contribution < 1.29 is 13.2 Å². The number of halogens is 2. The lowest BCUT2D eigenvalue weighted by Crippen LogP contribution is -2.20. The second-order valence-electron chi connectivity index (χ2n) is 3.70. The fraction of sp³-hybridized carbons (Fsp3) is 0.364. The zero-order valence-corrected chi connectivity index (χ0v) is 9.34. The molecule has 0 saturated carbocycles. The summed E-state index contributed by atoms with van der Waals surface area (Å²) in [5, 5.41) is 9.35. The fourth-order valence-electron chi connectivity index (χ4n) is 1.54. The molecule has 2 rings (SSSR count). The molecular weight excluding hydrogens is 228 g/mol. The van der Waals surface area contributed by atoms with Crippen LogP contribution in [0.2, 0.25) is 0 Å². The molecule has 0 fully saturated rings. The van der Waals surface area contributed by atoms with Gasteiger partial charge < -0.3 is 9.73 Å². The van der Waals surface area contributed by atoms with Gasteiger partial charge in [-0.3, -0.25) is 5.10 Å². The quantitative estimate of drug-likeness (QED) is 0.844. The normalized spacial score (nSPS) is 11.3. The lowest BCUT2D eigenvalue weighted by atomic mass is 10.2. The Morgan fingerprint density at radius 3 is 2.94 bits per heavy atom. The van der Waals surface area contributed by atoms with Gasteiger partial charge >= 0.3 is 0 Å². The standard InChI is InChI=1S/C11H13F2N3O/c1-7-2-3-9(17-7)11-8(5-15-16-11)4-14-6-10(12)13/h2-3,5,10,14H,4,6H2,1H3,(H,15,16). The Kier molecular flexibility index (Phi) is 3.53. The smallest absolute Gasteiger partial charge is 0.250 e. The minimum absolute atomic E-state index is 0.329. The number of rotatable bonds is 5. The van der Waals surface area contributed by atoms with Gasteiger partial charge in [-0.1, -0.05) is 0 Å². The van der Waals surface area contributed by atoms with Gasteiger partial charge in [0.1, 0.15) is 11.5 Å². The van der Waals surface area contributed by atoms with E-state index in [9.17, 15) is 8.78 Å². The van der Waals surface area contributed by atoms with Gasteiger partial charge in [0.25, 0.3) is 6.43 Å². The van der Waals surface area contributed by atoms with Crippen LogP contribution in [0.3, 0.4) is 0 Å². The number of nitrogens with zero attached hydrogens (tertiary/aromatic N) is 1. The van der Waals surface area contributed by atoms with Crippen molar-refractivity contribution in [2.75, 3.05) is 6.54 Å². The van der Waals surface area contributed by atoms with Gasteiger partial charge in [0.05, 0.1) is 12.7 Å². The van der Waals surface area contributed by atoms with Gasteiger partial charge in [-0.25, -0.2) is 8.78 Å². The van der Waals surface area contributed by atoms with Crippen molar-refractivity contribution in [3.63, 3.8) is 0 Å². The molecule has 0 radical (unpaired) electrons. The Hall–Kier alpha value is -1.69. The van der Waals surface area contributed by atoms with E-state index in [1.165, 1.54) is 0 Å². The van der Waals surface area contributed by atoms with E-state index in [0.29, 0.717) is 12.3 Å². The van der Waals surface area contributed by atoms with Gasteiger partial charge in [-0.05, 0) is 19.1 Å². The third-order valence-electron chi connectivity index (χ3n) is 2.32.